The largest absolute Gasteiger partial charge is 0.383 e. The van der Waals surface area contributed by atoms with Crippen LogP contribution in [0.3, 0.4) is 0 Å². The summed E-state index contributed by atoms with van der Waals surface area (Å²) >= 11 is 5.82. The maximum absolute atomic E-state index is 13.6. The van der Waals surface area contributed by atoms with E-state index in [2.05, 4.69) is 20.1 Å². The van der Waals surface area contributed by atoms with Crippen LogP contribution < -0.4 is 26.8 Å². The fourth-order valence-corrected chi connectivity index (χ4v) is 4.20. The second-order valence-corrected chi connectivity index (χ2v) is 9.70. The zero-order valence-corrected chi connectivity index (χ0v) is 20.3. The number of H-pyrrole nitrogens is 1. The first-order valence-electron chi connectivity index (χ1n) is 11.3. The van der Waals surface area contributed by atoms with E-state index in [9.17, 15) is 14.4 Å². The minimum Gasteiger partial charge on any atom is -0.383 e. The average molecular weight is 478 g/mol. The standard InChI is InChI=1S/C22H32ClN7O3/c1-13(2)11-29(18-19(24)30(12-14(3)4)22(33)25-20(18)31)21(32)15-7-9-28(10-8-15)17-6-5-16(23)26-27-17/h5-6,13-15H,7-12,24H2,1-4H3,(H,25,31,33). The van der Waals surface area contributed by atoms with E-state index >= 15 is 0 Å². The van der Waals surface area contributed by atoms with Crippen LogP contribution in [-0.4, -0.2) is 45.3 Å². The number of nitrogens with one attached hydrogen (secondary N) is 1. The fraction of sp³-hybridized carbons (Fsp3) is 0.591. The van der Waals surface area contributed by atoms with Crippen LogP contribution in [0.5, 0.6) is 0 Å². The van der Waals surface area contributed by atoms with Crippen molar-refractivity contribution in [3.05, 3.63) is 38.1 Å². The summed E-state index contributed by atoms with van der Waals surface area (Å²) < 4.78 is 1.34. The first-order valence-corrected chi connectivity index (χ1v) is 11.6. The molecule has 0 atom stereocenters. The van der Waals surface area contributed by atoms with Crippen molar-refractivity contribution < 1.29 is 4.79 Å². The van der Waals surface area contributed by atoms with Crippen LogP contribution >= 0.6 is 11.6 Å². The normalized spacial score (nSPS) is 14.8. The van der Waals surface area contributed by atoms with Gasteiger partial charge in [0.15, 0.2) is 16.7 Å². The molecular formula is C22H32ClN7O3. The van der Waals surface area contributed by atoms with E-state index in [1.54, 1.807) is 12.1 Å². The van der Waals surface area contributed by atoms with E-state index in [1.807, 2.05) is 27.7 Å². The van der Waals surface area contributed by atoms with Gasteiger partial charge in [-0.25, -0.2) is 4.79 Å². The lowest BCUT2D eigenvalue weighted by atomic mass is 9.94. The minimum atomic E-state index is -0.639. The smallest absolute Gasteiger partial charge is 0.330 e. The summed E-state index contributed by atoms with van der Waals surface area (Å²) in [5.41, 5.74) is 5.15. The highest BCUT2D eigenvalue weighted by atomic mass is 35.5. The summed E-state index contributed by atoms with van der Waals surface area (Å²) in [4.78, 5) is 44.6. The highest BCUT2D eigenvalue weighted by Gasteiger charge is 2.33. The van der Waals surface area contributed by atoms with E-state index in [0.29, 0.717) is 50.0 Å². The van der Waals surface area contributed by atoms with Crippen LogP contribution in [0.25, 0.3) is 0 Å². The quantitative estimate of drug-likeness (QED) is 0.624. The van der Waals surface area contributed by atoms with Crippen molar-refractivity contribution >= 4 is 34.8 Å². The van der Waals surface area contributed by atoms with Gasteiger partial charge in [-0.1, -0.05) is 39.3 Å². The number of halogens is 1. The molecule has 1 saturated heterocycles. The summed E-state index contributed by atoms with van der Waals surface area (Å²) in [6, 6.07) is 3.49. The van der Waals surface area contributed by atoms with Gasteiger partial charge in [-0.15, -0.1) is 10.2 Å². The second kappa shape index (κ2) is 10.4. The molecule has 1 aliphatic heterocycles. The molecule has 33 heavy (non-hydrogen) atoms. The predicted octanol–water partition coefficient (Wildman–Crippen LogP) is 2.12. The number of nitrogens with zero attached hydrogens (tertiary/aromatic N) is 5. The number of anilines is 3. The third-order valence-corrected chi connectivity index (χ3v) is 5.83. The van der Waals surface area contributed by atoms with Gasteiger partial charge in [0.1, 0.15) is 5.82 Å². The molecule has 3 N–H and O–H groups in total. The van der Waals surface area contributed by atoms with Crippen LogP contribution in [0.1, 0.15) is 40.5 Å². The van der Waals surface area contributed by atoms with Crippen molar-refractivity contribution in [1.29, 1.82) is 0 Å². The third-order valence-electron chi connectivity index (χ3n) is 5.63. The highest BCUT2D eigenvalue weighted by molar-refractivity contribution is 6.29. The van der Waals surface area contributed by atoms with Crippen molar-refractivity contribution in [3.63, 3.8) is 0 Å². The van der Waals surface area contributed by atoms with Crippen LogP contribution in [0.2, 0.25) is 5.15 Å². The summed E-state index contributed by atoms with van der Waals surface area (Å²) in [6.45, 7) is 9.77. The number of carbonyl (C=O) groups is 1. The number of nitrogens with two attached hydrogens (primary N) is 1. The Morgan fingerprint density at radius 1 is 1.18 bits per heavy atom. The van der Waals surface area contributed by atoms with E-state index in [4.69, 9.17) is 17.3 Å². The Hall–Kier alpha value is -2.88. The molecular weight excluding hydrogens is 446 g/mol. The Balaban J connectivity index is 1.87. The summed E-state index contributed by atoms with van der Waals surface area (Å²) in [7, 11) is 0. The average Bonchev–Trinajstić information content (AvgIpc) is 2.75. The number of carbonyl (C=O) groups excluding carboxylic acids is 1. The lowest BCUT2D eigenvalue weighted by molar-refractivity contribution is -0.123. The van der Waals surface area contributed by atoms with Gasteiger partial charge >= 0.3 is 5.69 Å². The van der Waals surface area contributed by atoms with Crippen LogP contribution in [-0.2, 0) is 11.3 Å². The zero-order valence-electron chi connectivity index (χ0n) is 19.5. The van der Waals surface area contributed by atoms with Gasteiger partial charge in [0.05, 0.1) is 0 Å². The molecule has 1 fully saturated rings. The molecule has 0 aromatic carbocycles. The lowest BCUT2D eigenvalue weighted by Crippen LogP contribution is -2.47. The minimum absolute atomic E-state index is 0.0281. The summed E-state index contributed by atoms with van der Waals surface area (Å²) in [5, 5.41) is 8.32. The van der Waals surface area contributed by atoms with Gasteiger partial charge in [0, 0.05) is 32.1 Å². The molecule has 180 valence electrons. The molecule has 3 rings (SSSR count). The van der Waals surface area contributed by atoms with Gasteiger partial charge in [-0.3, -0.25) is 19.1 Å². The molecule has 1 aliphatic rings. The molecule has 0 unspecified atom stereocenters. The van der Waals surface area contributed by atoms with Crippen LogP contribution in [0.15, 0.2) is 21.7 Å². The first-order chi connectivity index (χ1) is 15.6. The number of hydrogen-bond acceptors (Lipinski definition) is 7. The van der Waals surface area contributed by atoms with E-state index in [0.717, 1.165) is 0 Å². The SMILES string of the molecule is CC(C)CN(C(=O)C1CCN(c2ccc(Cl)nn2)CC1)c1c(N)n(CC(C)C)c(=O)[nH]c1=O. The van der Waals surface area contributed by atoms with Crippen molar-refractivity contribution in [1.82, 2.24) is 19.7 Å². The van der Waals surface area contributed by atoms with Gasteiger partial charge in [0.2, 0.25) is 5.91 Å². The van der Waals surface area contributed by atoms with Crippen molar-refractivity contribution in [2.45, 2.75) is 47.1 Å². The monoisotopic (exact) mass is 477 g/mol. The number of nitrogen functional groups attached to an aromatic ring is 1. The molecule has 0 saturated carbocycles. The highest BCUT2D eigenvalue weighted by Crippen LogP contribution is 2.27. The predicted molar refractivity (Wildman–Crippen MR) is 130 cm³/mol. The Morgan fingerprint density at radius 3 is 2.39 bits per heavy atom. The Morgan fingerprint density at radius 2 is 1.85 bits per heavy atom. The first kappa shape index (κ1) is 24.8. The van der Waals surface area contributed by atoms with Crippen molar-refractivity contribution in [2.75, 3.05) is 35.2 Å². The maximum Gasteiger partial charge on any atom is 0.330 e. The maximum atomic E-state index is 13.6. The second-order valence-electron chi connectivity index (χ2n) is 9.32. The third kappa shape index (κ3) is 5.73. The topological polar surface area (TPSA) is 130 Å². The Bertz CT molecular complexity index is 1090. The summed E-state index contributed by atoms with van der Waals surface area (Å²) in [6.07, 6.45) is 1.20. The Labute approximate surface area is 197 Å². The number of aromatic amines is 1. The molecule has 1 amide bonds. The summed E-state index contributed by atoms with van der Waals surface area (Å²) in [5.74, 6) is 0.550. The van der Waals surface area contributed by atoms with E-state index in [-0.39, 0.29) is 35.2 Å². The van der Waals surface area contributed by atoms with E-state index < -0.39 is 11.2 Å². The van der Waals surface area contributed by atoms with Gasteiger partial charge in [-0.05, 0) is 36.8 Å². The zero-order chi connectivity index (χ0) is 24.3. The van der Waals surface area contributed by atoms with Gasteiger partial charge in [-0.2, -0.15) is 0 Å². The van der Waals surface area contributed by atoms with Gasteiger partial charge in [0.25, 0.3) is 5.56 Å². The van der Waals surface area contributed by atoms with Crippen molar-refractivity contribution in [3.8, 4) is 0 Å². The van der Waals surface area contributed by atoms with Gasteiger partial charge < -0.3 is 15.5 Å². The number of aromatic nitrogens is 4. The molecule has 10 nitrogen and oxygen atoms in total. The molecule has 0 radical (unpaired) electrons. The number of amides is 1. The van der Waals surface area contributed by atoms with Crippen LogP contribution in [0, 0.1) is 17.8 Å². The van der Waals surface area contributed by atoms with E-state index in [1.165, 1.54) is 9.47 Å². The molecule has 3 heterocycles. The lowest BCUT2D eigenvalue weighted by Gasteiger charge is -2.35. The van der Waals surface area contributed by atoms with Crippen molar-refractivity contribution in [2.24, 2.45) is 17.8 Å². The number of piperidine rings is 1. The molecule has 0 spiro atoms. The fourth-order valence-electron chi connectivity index (χ4n) is 4.09. The Kier molecular flexibility index (Phi) is 7.78. The molecule has 0 bridgehead atoms. The molecule has 2 aromatic heterocycles. The van der Waals surface area contributed by atoms with Crippen LogP contribution in [0.4, 0.5) is 17.3 Å². The molecule has 2 aromatic rings. The molecule has 0 aliphatic carbocycles. The molecule has 11 heteroatoms. The number of rotatable bonds is 7. The number of hydrogen-bond donors (Lipinski definition) is 2.